The lowest BCUT2D eigenvalue weighted by Gasteiger charge is -2.16. The SMILES string of the molecule is C=C(Cl)CNC(=O)C(CC)Oc1ccccc1. The number of halogens is 1. The van der Waals surface area contributed by atoms with Crippen molar-refractivity contribution >= 4 is 17.5 Å². The standard InChI is InChI=1S/C13H16ClNO2/c1-3-12(13(16)15-9-10(2)14)17-11-7-5-4-6-8-11/h4-8,12H,2-3,9H2,1H3,(H,15,16). The highest BCUT2D eigenvalue weighted by atomic mass is 35.5. The van der Waals surface area contributed by atoms with Crippen LogP contribution in [-0.2, 0) is 4.79 Å². The molecule has 1 rings (SSSR count). The maximum absolute atomic E-state index is 11.7. The van der Waals surface area contributed by atoms with Gasteiger partial charge in [0, 0.05) is 5.03 Å². The minimum Gasteiger partial charge on any atom is -0.481 e. The van der Waals surface area contributed by atoms with Gasteiger partial charge in [0.1, 0.15) is 5.75 Å². The van der Waals surface area contributed by atoms with E-state index in [0.29, 0.717) is 17.2 Å². The Balaban J connectivity index is 2.53. The molecular weight excluding hydrogens is 238 g/mol. The third-order valence-electron chi connectivity index (χ3n) is 2.14. The summed E-state index contributed by atoms with van der Waals surface area (Å²) in [6.07, 6.45) is 0.0867. The van der Waals surface area contributed by atoms with Crippen molar-refractivity contribution in [1.29, 1.82) is 0 Å². The minimum atomic E-state index is -0.506. The number of hydrogen-bond acceptors (Lipinski definition) is 2. The van der Waals surface area contributed by atoms with Crippen LogP contribution in [0.1, 0.15) is 13.3 Å². The van der Waals surface area contributed by atoms with E-state index in [1.165, 1.54) is 0 Å². The van der Waals surface area contributed by atoms with Crippen LogP contribution in [0.3, 0.4) is 0 Å². The molecule has 0 fully saturated rings. The van der Waals surface area contributed by atoms with E-state index in [1.807, 2.05) is 37.3 Å². The molecule has 17 heavy (non-hydrogen) atoms. The number of benzene rings is 1. The van der Waals surface area contributed by atoms with Crippen molar-refractivity contribution in [1.82, 2.24) is 5.32 Å². The van der Waals surface area contributed by atoms with E-state index in [-0.39, 0.29) is 12.5 Å². The molecule has 1 atom stereocenters. The lowest BCUT2D eigenvalue weighted by Crippen LogP contribution is -2.38. The van der Waals surface area contributed by atoms with Gasteiger partial charge in [0.15, 0.2) is 6.10 Å². The zero-order valence-electron chi connectivity index (χ0n) is 9.78. The van der Waals surface area contributed by atoms with Gasteiger partial charge in [0.2, 0.25) is 0 Å². The van der Waals surface area contributed by atoms with Gasteiger partial charge in [-0.3, -0.25) is 4.79 Å². The van der Waals surface area contributed by atoms with Gasteiger partial charge in [-0.15, -0.1) is 0 Å². The van der Waals surface area contributed by atoms with Gasteiger partial charge in [-0.2, -0.15) is 0 Å². The number of nitrogens with one attached hydrogen (secondary N) is 1. The number of para-hydroxylation sites is 1. The van der Waals surface area contributed by atoms with Crippen molar-refractivity contribution in [2.75, 3.05) is 6.54 Å². The first-order chi connectivity index (χ1) is 8.13. The lowest BCUT2D eigenvalue weighted by atomic mass is 10.2. The van der Waals surface area contributed by atoms with E-state index >= 15 is 0 Å². The summed E-state index contributed by atoms with van der Waals surface area (Å²) >= 11 is 5.58. The summed E-state index contributed by atoms with van der Waals surface area (Å²) in [4.78, 5) is 11.7. The second-order valence-electron chi connectivity index (χ2n) is 3.56. The molecule has 0 aliphatic carbocycles. The summed E-state index contributed by atoms with van der Waals surface area (Å²) in [6.45, 7) is 5.66. The van der Waals surface area contributed by atoms with Crippen LogP contribution in [0.5, 0.6) is 5.75 Å². The van der Waals surface area contributed by atoms with Crippen LogP contribution in [0.15, 0.2) is 41.9 Å². The average Bonchev–Trinajstić information content (AvgIpc) is 2.34. The Bertz CT molecular complexity index is 378. The largest absolute Gasteiger partial charge is 0.481 e. The van der Waals surface area contributed by atoms with Crippen molar-refractivity contribution in [2.24, 2.45) is 0 Å². The molecule has 0 aromatic heterocycles. The summed E-state index contributed by atoms with van der Waals surface area (Å²) < 4.78 is 5.57. The fourth-order valence-electron chi connectivity index (χ4n) is 1.28. The molecule has 0 saturated heterocycles. The molecule has 0 saturated carbocycles. The molecule has 0 aliphatic rings. The molecule has 3 nitrogen and oxygen atoms in total. The maximum Gasteiger partial charge on any atom is 0.261 e. The summed E-state index contributed by atoms with van der Waals surface area (Å²) in [5.74, 6) is 0.498. The van der Waals surface area contributed by atoms with Gasteiger partial charge in [0.05, 0.1) is 6.54 Å². The van der Waals surface area contributed by atoms with E-state index in [9.17, 15) is 4.79 Å². The van der Waals surface area contributed by atoms with Gasteiger partial charge in [-0.05, 0) is 18.6 Å². The third-order valence-corrected chi connectivity index (χ3v) is 2.27. The van der Waals surface area contributed by atoms with E-state index in [4.69, 9.17) is 16.3 Å². The Morgan fingerprint density at radius 2 is 2.12 bits per heavy atom. The van der Waals surface area contributed by atoms with Crippen molar-refractivity contribution in [3.63, 3.8) is 0 Å². The summed E-state index contributed by atoms with van der Waals surface area (Å²) in [5.41, 5.74) is 0. The van der Waals surface area contributed by atoms with Gasteiger partial charge >= 0.3 is 0 Å². The monoisotopic (exact) mass is 253 g/mol. The molecular formula is C13H16ClNO2. The van der Waals surface area contributed by atoms with Gasteiger partial charge in [-0.25, -0.2) is 0 Å². The predicted molar refractivity (Wildman–Crippen MR) is 69.2 cm³/mol. The fourth-order valence-corrected chi connectivity index (χ4v) is 1.35. The van der Waals surface area contributed by atoms with Crippen molar-refractivity contribution < 1.29 is 9.53 Å². The summed E-state index contributed by atoms with van der Waals surface area (Å²) in [6, 6.07) is 9.25. The summed E-state index contributed by atoms with van der Waals surface area (Å²) in [7, 11) is 0. The van der Waals surface area contributed by atoms with E-state index < -0.39 is 6.10 Å². The molecule has 1 aromatic rings. The van der Waals surface area contributed by atoms with E-state index in [1.54, 1.807) is 0 Å². The molecule has 0 bridgehead atoms. The second-order valence-corrected chi connectivity index (χ2v) is 4.10. The highest BCUT2D eigenvalue weighted by Gasteiger charge is 2.17. The first kappa shape index (κ1) is 13.6. The van der Waals surface area contributed by atoms with Crippen LogP contribution in [0.25, 0.3) is 0 Å². The number of carbonyl (C=O) groups excluding carboxylic acids is 1. The van der Waals surface area contributed by atoms with Crippen LogP contribution >= 0.6 is 11.6 Å². The van der Waals surface area contributed by atoms with Gasteiger partial charge in [0.25, 0.3) is 5.91 Å². The molecule has 1 aromatic carbocycles. The Labute approximate surface area is 106 Å². The van der Waals surface area contributed by atoms with Gasteiger partial charge < -0.3 is 10.1 Å². The van der Waals surface area contributed by atoms with Crippen LogP contribution < -0.4 is 10.1 Å². The van der Waals surface area contributed by atoms with Gasteiger partial charge in [-0.1, -0.05) is 43.3 Å². The molecule has 1 N–H and O–H groups in total. The molecule has 0 spiro atoms. The maximum atomic E-state index is 11.7. The number of ether oxygens (including phenoxy) is 1. The first-order valence-electron chi connectivity index (χ1n) is 5.46. The van der Waals surface area contributed by atoms with Crippen LogP contribution in [0.4, 0.5) is 0 Å². The summed E-state index contributed by atoms with van der Waals surface area (Å²) in [5, 5.41) is 3.05. The molecule has 1 amide bonds. The highest BCUT2D eigenvalue weighted by Crippen LogP contribution is 2.12. The number of amides is 1. The molecule has 4 heteroatoms. The van der Waals surface area contributed by atoms with Crippen molar-refractivity contribution in [3.8, 4) is 5.75 Å². The quantitative estimate of drug-likeness (QED) is 0.847. The number of carbonyl (C=O) groups is 1. The topological polar surface area (TPSA) is 38.3 Å². The van der Waals surface area contributed by atoms with Crippen LogP contribution in [-0.4, -0.2) is 18.6 Å². The number of hydrogen-bond donors (Lipinski definition) is 1. The highest BCUT2D eigenvalue weighted by molar-refractivity contribution is 6.29. The lowest BCUT2D eigenvalue weighted by molar-refractivity contribution is -0.127. The molecule has 0 radical (unpaired) electrons. The van der Waals surface area contributed by atoms with Crippen LogP contribution in [0.2, 0.25) is 0 Å². The first-order valence-corrected chi connectivity index (χ1v) is 5.84. The zero-order chi connectivity index (χ0) is 12.7. The Morgan fingerprint density at radius 1 is 1.47 bits per heavy atom. The minimum absolute atomic E-state index is 0.182. The fraction of sp³-hybridized carbons (Fsp3) is 0.308. The Kier molecular flexibility index (Phi) is 5.57. The number of rotatable bonds is 6. The average molecular weight is 254 g/mol. The molecule has 0 heterocycles. The normalized spacial score (nSPS) is 11.6. The molecule has 0 aliphatic heterocycles. The van der Waals surface area contributed by atoms with E-state index in [2.05, 4.69) is 11.9 Å². The third kappa shape index (κ3) is 4.91. The van der Waals surface area contributed by atoms with Crippen molar-refractivity contribution in [3.05, 3.63) is 41.9 Å². The van der Waals surface area contributed by atoms with E-state index in [0.717, 1.165) is 0 Å². The molecule has 1 unspecified atom stereocenters. The Hall–Kier alpha value is -1.48. The predicted octanol–water partition coefficient (Wildman–Crippen LogP) is 2.71. The van der Waals surface area contributed by atoms with Crippen molar-refractivity contribution in [2.45, 2.75) is 19.4 Å². The second kappa shape index (κ2) is 6.97. The van der Waals surface area contributed by atoms with Crippen LogP contribution in [0, 0.1) is 0 Å². The molecule has 92 valence electrons. The zero-order valence-corrected chi connectivity index (χ0v) is 10.5. The smallest absolute Gasteiger partial charge is 0.261 e. The Morgan fingerprint density at radius 3 is 2.65 bits per heavy atom.